The van der Waals surface area contributed by atoms with E-state index >= 15 is 0 Å². The van der Waals surface area contributed by atoms with Gasteiger partial charge in [-0.2, -0.15) is 0 Å². The number of hydrogen-bond acceptors (Lipinski definition) is 3. The van der Waals surface area contributed by atoms with Gasteiger partial charge in [-0.1, -0.05) is 12.1 Å². The summed E-state index contributed by atoms with van der Waals surface area (Å²) in [6, 6.07) is 6.08. The van der Waals surface area contributed by atoms with Gasteiger partial charge in [-0.25, -0.2) is 4.39 Å². The Kier molecular flexibility index (Phi) is 4.91. The maximum Gasteiger partial charge on any atom is 0.225 e. The summed E-state index contributed by atoms with van der Waals surface area (Å²) in [7, 11) is 0. The van der Waals surface area contributed by atoms with Gasteiger partial charge in [-0.15, -0.1) is 0 Å². The average molecular weight is 320 g/mol. The summed E-state index contributed by atoms with van der Waals surface area (Å²) in [5, 5.41) is 2.98. The third-order valence-corrected chi connectivity index (χ3v) is 4.42. The van der Waals surface area contributed by atoms with Gasteiger partial charge < -0.3 is 15.0 Å². The molecule has 1 N–H and O–H groups in total. The third-order valence-electron chi connectivity index (χ3n) is 4.42. The molecule has 0 unspecified atom stereocenters. The van der Waals surface area contributed by atoms with E-state index in [1.165, 1.54) is 12.1 Å². The molecule has 0 aromatic heterocycles. The number of hydrogen-bond donors (Lipinski definition) is 1. The van der Waals surface area contributed by atoms with Crippen molar-refractivity contribution in [3.63, 3.8) is 0 Å². The number of nitrogens with zero attached hydrogens (tertiary/aromatic N) is 1. The molecular formula is C17H21FN2O3. The van der Waals surface area contributed by atoms with Crippen LogP contribution in [0.3, 0.4) is 0 Å². The number of benzene rings is 1. The van der Waals surface area contributed by atoms with Crippen LogP contribution >= 0.6 is 0 Å². The summed E-state index contributed by atoms with van der Waals surface area (Å²) in [6.07, 6.45) is 1.78. The summed E-state index contributed by atoms with van der Waals surface area (Å²) < 4.78 is 18.5. The van der Waals surface area contributed by atoms with Crippen molar-refractivity contribution in [2.75, 3.05) is 19.8 Å². The van der Waals surface area contributed by atoms with Gasteiger partial charge in [0.05, 0.1) is 6.04 Å². The molecule has 0 bridgehead atoms. The van der Waals surface area contributed by atoms with Crippen LogP contribution in [0.4, 0.5) is 4.39 Å². The summed E-state index contributed by atoms with van der Waals surface area (Å²) in [5.74, 6) is -0.320. The largest absolute Gasteiger partial charge is 0.381 e. The summed E-state index contributed by atoms with van der Waals surface area (Å²) in [5.41, 5.74) is 0.759. The predicted octanol–water partition coefficient (Wildman–Crippen LogP) is 1.47. The Labute approximate surface area is 134 Å². The van der Waals surface area contributed by atoms with Crippen LogP contribution in [-0.4, -0.2) is 42.5 Å². The van der Waals surface area contributed by atoms with Crippen molar-refractivity contribution >= 4 is 11.8 Å². The molecule has 2 fully saturated rings. The zero-order valence-corrected chi connectivity index (χ0v) is 13.0. The topological polar surface area (TPSA) is 58.6 Å². The number of amides is 2. The van der Waals surface area contributed by atoms with Gasteiger partial charge in [-0.3, -0.25) is 9.59 Å². The summed E-state index contributed by atoms with van der Waals surface area (Å²) >= 11 is 0. The number of likely N-dealkylation sites (tertiary alicyclic amines) is 1. The van der Waals surface area contributed by atoms with Gasteiger partial charge in [0, 0.05) is 38.6 Å². The number of carbonyl (C=O) groups is 2. The van der Waals surface area contributed by atoms with E-state index in [0.717, 1.165) is 18.4 Å². The van der Waals surface area contributed by atoms with Crippen molar-refractivity contribution in [2.24, 2.45) is 5.92 Å². The van der Waals surface area contributed by atoms with Crippen molar-refractivity contribution in [1.29, 1.82) is 0 Å². The molecule has 2 aliphatic rings. The van der Waals surface area contributed by atoms with E-state index in [0.29, 0.717) is 32.7 Å². The molecule has 0 radical (unpaired) electrons. The van der Waals surface area contributed by atoms with E-state index in [4.69, 9.17) is 4.74 Å². The number of halogens is 1. The Bertz CT molecular complexity index is 587. The lowest BCUT2D eigenvalue weighted by molar-refractivity contribution is -0.128. The first-order valence-corrected chi connectivity index (χ1v) is 8.02. The predicted molar refractivity (Wildman–Crippen MR) is 81.9 cm³/mol. The molecule has 124 valence electrons. The lowest BCUT2D eigenvalue weighted by Gasteiger charge is -2.23. The van der Waals surface area contributed by atoms with Crippen molar-refractivity contribution in [3.05, 3.63) is 35.6 Å². The van der Waals surface area contributed by atoms with E-state index in [2.05, 4.69) is 5.32 Å². The fraction of sp³-hybridized carbons (Fsp3) is 0.529. The molecule has 1 atom stereocenters. The number of rotatable bonds is 4. The van der Waals surface area contributed by atoms with Gasteiger partial charge in [0.15, 0.2) is 0 Å². The van der Waals surface area contributed by atoms with Gasteiger partial charge in [0.25, 0.3) is 0 Å². The summed E-state index contributed by atoms with van der Waals surface area (Å²) in [4.78, 5) is 26.0. The molecule has 5 nitrogen and oxygen atoms in total. The maximum atomic E-state index is 13.2. The van der Waals surface area contributed by atoms with Gasteiger partial charge in [0.2, 0.25) is 11.8 Å². The molecule has 2 amide bonds. The van der Waals surface area contributed by atoms with Crippen LogP contribution in [0.15, 0.2) is 24.3 Å². The Balaban J connectivity index is 1.53. The lowest BCUT2D eigenvalue weighted by Crippen LogP contribution is -2.42. The first-order valence-electron chi connectivity index (χ1n) is 8.02. The highest BCUT2D eigenvalue weighted by Crippen LogP contribution is 2.18. The highest BCUT2D eigenvalue weighted by Gasteiger charge is 2.32. The highest BCUT2D eigenvalue weighted by atomic mass is 19.1. The lowest BCUT2D eigenvalue weighted by atomic mass is 9.99. The molecule has 23 heavy (non-hydrogen) atoms. The zero-order valence-electron chi connectivity index (χ0n) is 13.0. The zero-order chi connectivity index (χ0) is 16.2. The molecule has 1 aromatic rings. The first-order chi connectivity index (χ1) is 11.1. The molecule has 2 heterocycles. The molecule has 6 heteroatoms. The van der Waals surface area contributed by atoms with E-state index in [1.807, 2.05) is 0 Å². The second-order valence-corrected chi connectivity index (χ2v) is 6.20. The second-order valence-electron chi connectivity index (χ2n) is 6.20. The minimum atomic E-state index is -0.307. The Morgan fingerprint density at radius 3 is 2.87 bits per heavy atom. The standard InChI is InChI=1S/C17H21FN2O3/c18-14-3-1-2-12(8-14)10-20-11-15(9-16(20)21)19-17(22)13-4-6-23-7-5-13/h1-3,8,13,15H,4-7,9-11H2,(H,19,22)/t15-/m0/s1. The van der Waals surface area contributed by atoms with Crippen LogP contribution in [0.1, 0.15) is 24.8 Å². The Morgan fingerprint density at radius 1 is 1.35 bits per heavy atom. The number of carbonyl (C=O) groups excluding carboxylic acids is 2. The molecule has 2 aliphatic heterocycles. The minimum Gasteiger partial charge on any atom is -0.381 e. The number of nitrogens with one attached hydrogen (secondary N) is 1. The van der Waals surface area contributed by atoms with Crippen molar-refractivity contribution in [3.8, 4) is 0 Å². The van der Waals surface area contributed by atoms with Crippen LogP contribution in [-0.2, 0) is 20.9 Å². The monoisotopic (exact) mass is 320 g/mol. The first kappa shape index (κ1) is 15.9. The van der Waals surface area contributed by atoms with Crippen LogP contribution in [0.25, 0.3) is 0 Å². The van der Waals surface area contributed by atoms with Gasteiger partial charge in [-0.05, 0) is 30.5 Å². The molecule has 1 aromatic carbocycles. The van der Waals surface area contributed by atoms with Crippen LogP contribution < -0.4 is 5.32 Å². The van der Waals surface area contributed by atoms with E-state index in [1.54, 1.807) is 17.0 Å². The van der Waals surface area contributed by atoms with E-state index < -0.39 is 0 Å². The molecule has 0 spiro atoms. The highest BCUT2D eigenvalue weighted by molar-refractivity contribution is 5.83. The molecule has 3 rings (SSSR count). The van der Waals surface area contributed by atoms with E-state index in [-0.39, 0.29) is 29.6 Å². The minimum absolute atomic E-state index is 0.00783. The normalized spacial score (nSPS) is 22.4. The third kappa shape index (κ3) is 4.07. The van der Waals surface area contributed by atoms with Crippen molar-refractivity contribution < 1.29 is 18.7 Å². The maximum absolute atomic E-state index is 13.2. The fourth-order valence-electron chi connectivity index (χ4n) is 3.16. The molecular weight excluding hydrogens is 299 g/mol. The number of ether oxygens (including phenoxy) is 1. The molecule has 0 aliphatic carbocycles. The second kappa shape index (κ2) is 7.08. The van der Waals surface area contributed by atoms with Gasteiger partial charge >= 0.3 is 0 Å². The fourth-order valence-corrected chi connectivity index (χ4v) is 3.16. The summed E-state index contributed by atoms with van der Waals surface area (Å²) in [6.45, 7) is 2.09. The van der Waals surface area contributed by atoms with Crippen LogP contribution in [0.5, 0.6) is 0 Å². The van der Waals surface area contributed by atoms with Crippen molar-refractivity contribution in [1.82, 2.24) is 10.2 Å². The van der Waals surface area contributed by atoms with Crippen LogP contribution in [0.2, 0.25) is 0 Å². The smallest absolute Gasteiger partial charge is 0.225 e. The molecule has 2 saturated heterocycles. The SMILES string of the molecule is O=C(N[C@H]1CC(=O)N(Cc2cccc(F)c2)C1)C1CCOCC1. The van der Waals surface area contributed by atoms with Crippen LogP contribution in [0, 0.1) is 11.7 Å². The Morgan fingerprint density at radius 2 is 2.13 bits per heavy atom. The van der Waals surface area contributed by atoms with E-state index in [9.17, 15) is 14.0 Å². The quantitative estimate of drug-likeness (QED) is 0.914. The average Bonchev–Trinajstić information content (AvgIpc) is 2.87. The molecule has 0 saturated carbocycles. The van der Waals surface area contributed by atoms with Gasteiger partial charge in [0.1, 0.15) is 5.82 Å². The Hall–Kier alpha value is -1.95. The van der Waals surface area contributed by atoms with Crippen molar-refractivity contribution in [2.45, 2.75) is 31.8 Å².